The van der Waals surface area contributed by atoms with Crippen LogP contribution in [-0.2, 0) is 21.6 Å². The topological polar surface area (TPSA) is 130 Å². The van der Waals surface area contributed by atoms with Gasteiger partial charge in [-0.25, -0.2) is 14.2 Å². The number of anilines is 4. The summed E-state index contributed by atoms with van der Waals surface area (Å²) in [5.41, 5.74) is 6.10. The van der Waals surface area contributed by atoms with E-state index in [0.717, 1.165) is 41.3 Å². The highest BCUT2D eigenvalue weighted by Crippen LogP contribution is 2.26. The van der Waals surface area contributed by atoms with Crippen LogP contribution in [0.4, 0.5) is 23.0 Å². The molecule has 2 aromatic carbocycles. The van der Waals surface area contributed by atoms with Crippen LogP contribution < -0.4 is 15.5 Å². The first kappa shape index (κ1) is 26.4. The summed E-state index contributed by atoms with van der Waals surface area (Å²) in [5.74, 6) is 0.161. The van der Waals surface area contributed by atoms with Crippen LogP contribution in [0.1, 0.15) is 21.5 Å². The molecular formula is C28H28N6O4S. The van der Waals surface area contributed by atoms with Crippen LogP contribution in [0.5, 0.6) is 0 Å². The van der Waals surface area contributed by atoms with E-state index in [1.54, 1.807) is 36.7 Å². The Morgan fingerprint density at radius 2 is 1.87 bits per heavy atom. The Morgan fingerprint density at radius 1 is 1.08 bits per heavy atom. The fourth-order valence-electron chi connectivity index (χ4n) is 4.20. The van der Waals surface area contributed by atoms with Crippen LogP contribution in [0.3, 0.4) is 0 Å². The van der Waals surface area contributed by atoms with Crippen molar-refractivity contribution in [2.24, 2.45) is 0 Å². The fraction of sp³-hybridized carbons (Fsp3) is 0.214. The van der Waals surface area contributed by atoms with Crippen molar-refractivity contribution < 1.29 is 18.3 Å². The number of carbonyl (C=O) groups excluding carboxylic acids is 1. The van der Waals surface area contributed by atoms with Gasteiger partial charge in [0.1, 0.15) is 0 Å². The Balaban J connectivity index is 1.30. The number of aromatic nitrogens is 3. The molecule has 0 saturated carbocycles. The zero-order valence-corrected chi connectivity index (χ0v) is 22.1. The van der Waals surface area contributed by atoms with Crippen molar-refractivity contribution in [3.05, 3.63) is 89.9 Å². The Morgan fingerprint density at radius 3 is 2.64 bits per heavy atom. The third-order valence-corrected chi connectivity index (χ3v) is 6.88. The summed E-state index contributed by atoms with van der Waals surface area (Å²) in [6, 6.07) is 16.1. The van der Waals surface area contributed by atoms with Crippen LogP contribution in [0.2, 0.25) is 0 Å². The molecule has 0 aliphatic carbocycles. The van der Waals surface area contributed by atoms with Gasteiger partial charge in [0.2, 0.25) is 5.95 Å². The summed E-state index contributed by atoms with van der Waals surface area (Å²) < 4.78 is 25.5. The van der Waals surface area contributed by atoms with E-state index in [2.05, 4.69) is 31.6 Å². The molecule has 0 spiro atoms. The lowest BCUT2D eigenvalue weighted by atomic mass is 10.1. The number of morpholine rings is 1. The normalized spacial score (nSPS) is 14.1. The van der Waals surface area contributed by atoms with Gasteiger partial charge in [0.15, 0.2) is 11.1 Å². The second kappa shape index (κ2) is 12.1. The van der Waals surface area contributed by atoms with E-state index in [4.69, 9.17) is 14.3 Å². The van der Waals surface area contributed by atoms with Gasteiger partial charge in [-0.1, -0.05) is 18.2 Å². The van der Waals surface area contributed by atoms with E-state index in [-0.39, 0.29) is 11.7 Å². The van der Waals surface area contributed by atoms with Crippen molar-refractivity contribution in [2.75, 3.05) is 41.8 Å². The van der Waals surface area contributed by atoms with Gasteiger partial charge in [0.05, 0.1) is 36.5 Å². The monoisotopic (exact) mass is 544 g/mol. The highest BCUT2D eigenvalue weighted by Gasteiger charge is 2.14. The van der Waals surface area contributed by atoms with E-state index in [0.29, 0.717) is 36.0 Å². The molecule has 1 fully saturated rings. The number of hydrogen-bond acceptors (Lipinski definition) is 8. The Bertz CT molecular complexity index is 1490. The standard InChI is InChI=1S/C28H28N6O4S/c1-19-2-7-23(31-27(35)21-5-3-20(4-6-21)18-39(36)37)15-26(19)33-28-30-9-8-25(32-28)22-14-24(17-29-16-22)34-10-12-38-13-11-34/h2-9,14-17H,10-13,18H2,1H3,(H,31,35)(H,36,37)(H,30,32,33). The number of hydrogen-bond donors (Lipinski definition) is 3. The molecule has 200 valence electrons. The molecular weight excluding hydrogens is 516 g/mol. The van der Waals surface area contributed by atoms with Crippen molar-refractivity contribution in [1.82, 2.24) is 15.0 Å². The number of benzene rings is 2. The molecule has 2 aromatic heterocycles. The van der Waals surface area contributed by atoms with E-state index in [9.17, 15) is 9.00 Å². The molecule has 1 atom stereocenters. The molecule has 5 rings (SSSR count). The average molecular weight is 545 g/mol. The molecule has 11 heteroatoms. The number of nitrogens with zero attached hydrogens (tertiary/aromatic N) is 4. The van der Waals surface area contributed by atoms with Crippen LogP contribution in [0.15, 0.2) is 73.2 Å². The smallest absolute Gasteiger partial charge is 0.255 e. The van der Waals surface area contributed by atoms with Gasteiger partial charge in [-0.15, -0.1) is 0 Å². The Hall–Kier alpha value is -4.19. The predicted octanol–water partition coefficient (Wildman–Crippen LogP) is 4.40. The molecule has 1 saturated heterocycles. The highest BCUT2D eigenvalue weighted by atomic mass is 32.2. The summed E-state index contributed by atoms with van der Waals surface area (Å²) >= 11 is -1.93. The second-order valence-electron chi connectivity index (χ2n) is 9.07. The first-order valence-electron chi connectivity index (χ1n) is 12.4. The number of carbonyl (C=O) groups is 1. The first-order valence-corrected chi connectivity index (χ1v) is 13.7. The van der Waals surface area contributed by atoms with Crippen LogP contribution >= 0.6 is 0 Å². The summed E-state index contributed by atoms with van der Waals surface area (Å²) in [7, 11) is 0. The maximum absolute atomic E-state index is 12.8. The molecule has 1 unspecified atom stereocenters. The van der Waals surface area contributed by atoms with Crippen molar-refractivity contribution in [2.45, 2.75) is 12.7 Å². The van der Waals surface area contributed by atoms with Crippen molar-refractivity contribution in [3.8, 4) is 11.3 Å². The van der Waals surface area contributed by atoms with E-state index in [1.165, 1.54) is 0 Å². The maximum atomic E-state index is 12.8. The molecule has 39 heavy (non-hydrogen) atoms. The Labute approximate surface area is 228 Å². The molecule has 3 heterocycles. The van der Waals surface area contributed by atoms with Gasteiger partial charge in [0, 0.05) is 48.0 Å². The van der Waals surface area contributed by atoms with Gasteiger partial charge in [-0.2, -0.15) is 0 Å². The largest absolute Gasteiger partial charge is 0.378 e. The number of nitrogens with one attached hydrogen (secondary N) is 2. The number of rotatable bonds is 8. The van der Waals surface area contributed by atoms with Gasteiger partial charge in [0.25, 0.3) is 5.91 Å². The molecule has 4 aromatic rings. The van der Waals surface area contributed by atoms with Crippen LogP contribution in [0.25, 0.3) is 11.3 Å². The lowest BCUT2D eigenvalue weighted by molar-refractivity contribution is 0.102. The van der Waals surface area contributed by atoms with E-state index >= 15 is 0 Å². The summed E-state index contributed by atoms with van der Waals surface area (Å²) in [6.45, 7) is 5.00. The van der Waals surface area contributed by atoms with E-state index in [1.807, 2.05) is 37.4 Å². The zero-order valence-electron chi connectivity index (χ0n) is 21.3. The van der Waals surface area contributed by atoms with Gasteiger partial charge >= 0.3 is 0 Å². The first-order chi connectivity index (χ1) is 18.9. The third kappa shape index (κ3) is 6.82. The number of aryl methyl sites for hydroxylation is 1. The fourth-order valence-corrected chi connectivity index (χ4v) is 4.67. The van der Waals surface area contributed by atoms with Crippen LogP contribution in [0, 0.1) is 6.92 Å². The molecule has 1 aliphatic heterocycles. The molecule has 10 nitrogen and oxygen atoms in total. The Kier molecular flexibility index (Phi) is 8.21. The van der Waals surface area contributed by atoms with Crippen molar-refractivity contribution >= 4 is 40.0 Å². The summed E-state index contributed by atoms with van der Waals surface area (Å²) in [6.07, 6.45) is 5.33. The molecule has 1 aliphatic rings. The predicted molar refractivity (Wildman–Crippen MR) is 152 cm³/mol. The minimum atomic E-state index is -1.93. The summed E-state index contributed by atoms with van der Waals surface area (Å²) in [4.78, 5) is 28.5. The molecule has 0 bridgehead atoms. The maximum Gasteiger partial charge on any atom is 0.255 e. The van der Waals surface area contributed by atoms with Crippen LogP contribution in [-0.4, -0.2) is 55.9 Å². The van der Waals surface area contributed by atoms with Gasteiger partial charge in [-0.05, 0) is 54.4 Å². The lowest BCUT2D eigenvalue weighted by Crippen LogP contribution is -2.36. The number of pyridine rings is 1. The minimum Gasteiger partial charge on any atom is -0.378 e. The van der Waals surface area contributed by atoms with E-state index < -0.39 is 11.1 Å². The zero-order chi connectivity index (χ0) is 27.2. The molecule has 3 N–H and O–H groups in total. The molecule has 0 radical (unpaired) electrons. The summed E-state index contributed by atoms with van der Waals surface area (Å²) in [5, 5.41) is 6.16. The number of amides is 1. The average Bonchev–Trinajstić information content (AvgIpc) is 2.95. The minimum absolute atomic E-state index is 0.0218. The quantitative estimate of drug-likeness (QED) is 0.276. The lowest BCUT2D eigenvalue weighted by Gasteiger charge is -2.28. The third-order valence-electron chi connectivity index (χ3n) is 6.30. The van der Waals surface area contributed by atoms with Gasteiger partial charge in [-0.3, -0.25) is 9.78 Å². The molecule has 1 amide bonds. The number of ether oxygens (including phenoxy) is 1. The van der Waals surface area contributed by atoms with Gasteiger partial charge < -0.3 is 24.8 Å². The SMILES string of the molecule is Cc1ccc(NC(=O)c2ccc(CS(=O)O)cc2)cc1Nc1nccc(-c2cncc(N3CCOCC3)c2)n1. The van der Waals surface area contributed by atoms with Crippen molar-refractivity contribution in [3.63, 3.8) is 0 Å². The second-order valence-corrected chi connectivity index (χ2v) is 10.00. The highest BCUT2D eigenvalue weighted by molar-refractivity contribution is 7.78. The van der Waals surface area contributed by atoms with Crippen molar-refractivity contribution in [1.29, 1.82) is 0 Å².